The molecule has 0 saturated heterocycles. The Labute approximate surface area is 114 Å². The van der Waals surface area contributed by atoms with Crippen molar-refractivity contribution in [3.8, 4) is 17.2 Å². The van der Waals surface area contributed by atoms with Gasteiger partial charge in [-0.1, -0.05) is 6.42 Å². The van der Waals surface area contributed by atoms with Gasteiger partial charge in [-0.2, -0.15) is 0 Å². The summed E-state index contributed by atoms with van der Waals surface area (Å²) < 4.78 is 16.6. The highest BCUT2D eigenvalue weighted by molar-refractivity contribution is 5.54. The van der Waals surface area contributed by atoms with Gasteiger partial charge in [0.25, 0.3) is 0 Å². The Hall–Kier alpha value is -1.42. The first-order chi connectivity index (χ1) is 9.36. The van der Waals surface area contributed by atoms with E-state index >= 15 is 0 Å². The molecule has 0 amide bonds. The van der Waals surface area contributed by atoms with Gasteiger partial charge in [-0.15, -0.1) is 0 Å². The molecule has 104 valence electrons. The smallest absolute Gasteiger partial charge is 0.203 e. The maximum atomic E-state index is 5.63. The van der Waals surface area contributed by atoms with Crippen LogP contribution in [0.2, 0.25) is 0 Å². The van der Waals surface area contributed by atoms with Gasteiger partial charge in [0.15, 0.2) is 11.5 Å². The van der Waals surface area contributed by atoms with Crippen LogP contribution in [0.15, 0.2) is 12.1 Å². The second-order valence-electron chi connectivity index (χ2n) is 5.25. The van der Waals surface area contributed by atoms with Crippen LogP contribution in [0.3, 0.4) is 0 Å². The maximum Gasteiger partial charge on any atom is 0.203 e. The molecule has 2 aliphatic rings. The van der Waals surface area contributed by atoms with E-state index in [2.05, 4.69) is 5.32 Å². The first kappa shape index (κ1) is 12.6. The lowest BCUT2D eigenvalue weighted by molar-refractivity contribution is 0.165. The van der Waals surface area contributed by atoms with Crippen molar-refractivity contribution in [1.82, 2.24) is 5.32 Å². The van der Waals surface area contributed by atoms with Crippen LogP contribution < -0.4 is 19.5 Å². The third kappa shape index (κ3) is 2.78. The fourth-order valence-electron chi connectivity index (χ4n) is 2.55. The van der Waals surface area contributed by atoms with Gasteiger partial charge < -0.3 is 19.5 Å². The lowest BCUT2D eigenvalue weighted by atomic mass is 9.85. The average Bonchev–Trinajstić information content (AvgIpc) is 2.40. The summed E-state index contributed by atoms with van der Waals surface area (Å²) >= 11 is 0. The van der Waals surface area contributed by atoms with Gasteiger partial charge in [-0.05, 0) is 43.0 Å². The summed E-state index contributed by atoms with van der Waals surface area (Å²) in [7, 11) is 1.67. The van der Waals surface area contributed by atoms with Crippen LogP contribution in [0.1, 0.15) is 24.8 Å². The molecule has 1 saturated carbocycles. The number of fused-ring (bicyclic) bond motifs is 1. The Bertz CT molecular complexity index is 426. The zero-order valence-electron chi connectivity index (χ0n) is 11.4. The van der Waals surface area contributed by atoms with Crippen molar-refractivity contribution in [1.29, 1.82) is 0 Å². The second-order valence-corrected chi connectivity index (χ2v) is 5.25. The number of hydrogen-bond donors (Lipinski definition) is 1. The molecule has 1 fully saturated rings. The van der Waals surface area contributed by atoms with Gasteiger partial charge in [-0.25, -0.2) is 0 Å². The van der Waals surface area contributed by atoms with Crippen LogP contribution in [0, 0.1) is 5.92 Å². The fourth-order valence-corrected chi connectivity index (χ4v) is 2.55. The number of benzene rings is 1. The van der Waals surface area contributed by atoms with Crippen molar-refractivity contribution >= 4 is 0 Å². The SMILES string of the molecule is COc1cc(CNCC2CCC2)cc2c1OCCO2. The molecule has 3 rings (SSSR count). The van der Waals surface area contributed by atoms with E-state index in [0.29, 0.717) is 13.2 Å². The number of nitrogens with one attached hydrogen (secondary N) is 1. The number of ether oxygens (including phenoxy) is 3. The first-order valence-corrected chi connectivity index (χ1v) is 7.04. The largest absolute Gasteiger partial charge is 0.493 e. The van der Waals surface area contributed by atoms with Crippen molar-refractivity contribution in [2.75, 3.05) is 26.9 Å². The van der Waals surface area contributed by atoms with E-state index in [9.17, 15) is 0 Å². The van der Waals surface area contributed by atoms with Gasteiger partial charge in [0.2, 0.25) is 5.75 Å². The zero-order valence-corrected chi connectivity index (χ0v) is 11.4. The molecule has 0 atom stereocenters. The summed E-state index contributed by atoms with van der Waals surface area (Å²) in [6, 6.07) is 4.08. The Morgan fingerprint density at radius 3 is 2.84 bits per heavy atom. The molecule has 4 nitrogen and oxygen atoms in total. The van der Waals surface area contributed by atoms with Crippen molar-refractivity contribution in [2.45, 2.75) is 25.8 Å². The Kier molecular flexibility index (Phi) is 3.78. The lowest BCUT2D eigenvalue weighted by Crippen LogP contribution is -2.27. The molecule has 0 unspecified atom stereocenters. The minimum absolute atomic E-state index is 0.586. The molecule has 1 aromatic carbocycles. The Balaban J connectivity index is 1.66. The highest BCUT2D eigenvalue weighted by atomic mass is 16.6. The summed E-state index contributed by atoms with van der Waals surface area (Å²) in [4.78, 5) is 0. The summed E-state index contributed by atoms with van der Waals surface area (Å²) in [5, 5.41) is 3.51. The molecule has 1 aliphatic carbocycles. The molecule has 0 aromatic heterocycles. The molecule has 0 bridgehead atoms. The molecule has 1 heterocycles. The predicted octanol–water partition coefficient (Wildman–Crippen LogP) is 2.36. The van der Waals surface area contributed by atoms with Crippen LogP contribution in [0.4, 0.5) is 0 Å². The average molecular weight is 263 g/mol. The Morgan fingerprint density at radius 2 is 2.11 bits per heavy atom. The number of hydrogen-bond acceptors (Lipinski definition) is 4. The third-order valence-corrected chi connectivity index (χ3v) is 3.87. The highest BCUT2D eigenvalue weighted by Crippen LogP contribution is 2.40. The molecule has 1 N–H and O–H groups in total. The fraction of sp³-hybridized carbons (Fsp3) is 0.600. The van der Waals surface area contributed by atoms with Gasteiger partial charge in [0, 0.05) is 6.54 Å². The minimum atomic E-state index is 0.586. The number of methoxy groups -OCH3 is 1. The molecule has 0 spiro atoms. The minimum Gasteiger partial charge on any atom is -0.493 e. The van der Waals surface area contributed by atoms with Gasteiger partial charge in [0.1, 0.15) is 13.2 Å². The molecule has 1 aliphatic heterocycles. The van der Waals surface area contributed by atoms with Crippen LogP contribution in [0.5, 0.6) is 17.2 Å². The maximum absolute atomic E-state index is 5.63. The third-order valence-electron chi connectivity index (χ3n) is 3.87. The van der Waals surface area contributed by atoms with E-state index in [1.54, 1.807) is 7.11 Å². The summed E-state index contributed by atoms with van der Waals surface area (Å²) in [5.41, 5.74) is 1.18. The zero-order chi connectivity index (χ0) is 13.1. The lowest BCUT2D eigenvalue weighted by Gasteiger charge is -2.26. The van der Waals surface area contributed by atoms with Crippen LogP contribution in [-0.2, 0) is 6.54 Å². The molecule has 4 heteroatoms. The second kappa shape index (κ2) is 5.70. The van der Waals surface area contributed by atoms with Gasteiger partial charge >= 0.3 is 0 Å². The standard InChI is InChI=1S/C15H21NO3/c1-17-13-7-12(10-16-9-11-3-2-4-11)8-14-15(13)19-6-5-18-14/h7-8,11,16H,2-6,9-10H2,1H3. The summed E-state index contributed by atoms with van der Waals surface area (Å²) in [6.45, 7) is 3.15. The Morgan fingerprint density at radius 1 is 1.26 bits per heavy atom. The van der Waals surface area contributed by atoms with Crippen molar-refractivity contribution < 1.29 is 14.2 Å². The van der Waals surface area contributed by atoms with Crippen LogP contribution in [-0.4, -0.2) is 26.9 Å². The predicted molar refractivity (Wildman–Crippen MR) is 73.0 cm³/mol. The van der Waals surface area contributed by atoms with Crippen molar-refractivity contribution in [3.05, 3.63) is 17.7 Å². The molecular weight excluding hydrogens is 242 g/mol. The highest BCUT2D eigenvalue weighted by Gasteiger charge is 2.19. The molecular formula is C15H21NO3. The molecule has 0 radical (unpaired) electrons. The van der Waals surface area contributed by atoms with Crippen LogP contribution >= 0.6 is 0 Å². The van der Waals surface area contributed by atoms with Crippen molar-refractivity contribution in [2.24, 2.45) is 5.92 Å². The number of rotatable bonds is 5. The van der Waals surface area contributed by atoms with E-state index in [0.717, 1.165) is 36.3 Å². The van der Waals surface area contributed by atoms with E-state index in [-0.39, 0.29) is 0 Å². The van der Waals surface area contributed by atoms with E-state index in [1.807, 2.05) is 12.1 Å². The normalized spacial score (nSPS) is 17.9. The van der Waals surface area contributed by atoms with Gasteiger partial charge in [0.05, 0.1) is 7.11 Å². The summed E-state index contributed by atoms with van der Waals surface area (Å²) in [6.07, 6.45) is 4.14. The van der Waals surface area contributed by atoms with E-state index in [4.69, 9.17) is 14.2 Å². The van der Waals surface area contributed by atoms with Gasteiger partial charge in [-0.3, -0.25) is 0 Å². The van der Waals surface area contributed by atoms with E-state index < -0.39 is 0 Å². The van der Waals surface area contributed by atoms with Crippen LogP contribution in [0.25, 0.3) is 0 Å². The first-order valence-electron chi connectivity index (χ1n) is 7.04. The van der Waals surface area contributed by atoms with E-state index in [1.165, 1.54) is 24.8 Å². The molecule has 1 aromatic rings. The quantitative estimate of drug-likeness (QED) is 0.885. The summed E-state index contributed by atoms with van der Waals surface area (Å²) in [5.74, 6) is 3.17. The van der Waals surface area contributed by atoms with Crippen molar-refractivity contribution in [3.63, 3.8) is 0 Å². The molecule has 19 heavy (non-hydrogen) atoms. The topological polar surface area (TPSA) is 39.7 Å². The monoisotopic (exact) mass is 263 g/mol.